The van der Waals surface area contributed by atoms with Crippen LogP contribution in [0.15, 0.2) is 42.7 Å². The van der Waals surface area contributed by atoms with Gasteiger partial charge in [0.1, 0.15) is 18.0 Å². The Bertz CT molecular complexity index is 1370. The van der Waals surface area contributed by atoms with Crippen molar-refractivity contribution >= 4 is 17.3 Å². The van der Waals surface area contributed by atoms with Crippen LogP contribution in [0.3, 0.4) is 0 Å². The minimum absolute atomic E-state index is 0. The van der Waals surface area contributed by atoms with Crippen LogP contribution in [0.4, 0.5) is 34.9 Å². The monoisotopic (exact) mass is 417 g/mol. The third-order valence-corrected chi connectivity index (χ3v) is 3.77. The number of piperidine rings is 1. The van der Waals surface area contributed by atoms with E-state index in [1.54, 1.807) is 0 Å². The maximum absolute atomic E-state index is 13.8. The van der Waals surface area contributed by atoms with E-state index in [0.29, 0.717) is 12.1 Å². The van der Waals surface area contributed by atoms with Crippen LogP contribution in [0.5, 0.6) is 0 Å². The fraction of sp³-hybridized carbons (Fsp3) is 0.300. The van der Waals surface area contributed by atoms with Gasteiger partial charge in [0.25, 0.3) is 6.43 Å². The Morgan fingerprint density at radius 2 is 1.69 bits per heavy atom. The molecule has 0 aliphatic carbocycles. The Morgan fingerprint density at radius 3 is 2.38 bits per heavy atom. The number of nitrogens with one attached hydrogen (secondary N) is 1. The van der Waals surface area contributed by atoms with Gasteiger partial charge in [0.15, 0.2) is 0 Å². The van der Waals surface area contributed by atoms with Crippen LogP contribution in [0, 0.1) is 11.6 Å². The third-order valence-electron chi connectivity index (χ3n) is 3.77. The first kappa shape index (κ1) is 10.6. The van der Waals surface area contributed by atoms with Crippen molar-refractivity contribution in [2.24, 2.45) is 0 Å². The highest BCUT2D eigenvalue weighted by atomic mass is 19.3. The molecule has 3 aromatic rings. The van der Waals surface area contributed by atoms with Crippen molar-refractivity contribution in [2.75, 3.05) is 23.2 Å². The highest BCUT2D eigenvalue weighted by molar-refractivity contribution is 5.64. The molecule has 2 heterocycles. The van der Waals surface area contributed by atoms with E-state index >= 15 is 0 Å². The van der Waals surface area contributed by atoms with Gasteiger partial charge < -0.3 is 10.2 Å². The van der Waals surface area contributed by atoms with Crippen LogP contribution in [-0.2, 0) is 0 Å². The Hall–Kier alpha value is -3.10. The van der Waals surface area contributed by atoms with E-state index in [1.165, 1.54) is 0 Å². The molecule has 1 saturated heterocycles. The quantitative estimate of drug-likeness (QED) is 0.560. The number of halogens is 4. The molecule has 0 bridgehead atoms. The summed E-state index contributed by atoms with van der Waals surface area (Å²) in [5, 5.41) is 6.45. The van der Waals surface area contributed by atoms with Gasteiger partial charge in [-0.3, -0.25) is 0 Å². The Kier molecular flexibility index (Phi) is 2.96. The lowest BCUT2D eigenvalue weighted by atomic mass is 10.1. The van der Waals surface area contributed by atoms with Gasteiger partial charge in [-0.25, -0.2) is 22.2 Å². The number of benzene rings is 2. The summed E-state index contributed by atoms with van der Waals surface area (Å²) < 4.78 is 137. The van der Waals surface area contributed by atoms with Crippen LogP contribution in [0.1, 0.15) is 46.2 Å². The summed E-state index contributed by atoms with van der Waals surface area (Å²) in [5.41, 5.74) is -1.89. The molecule has 0 amide bonds. The molecule has 5 nitrogen and oxygen atoms in total. The van der Waals surface area contributed by atoms with Gasteiger partial charge in [0.05, 0.1) is 5.69 Å². The second-order valence-electron chi connectivity index (χ2n) is 5.81. The van der Waals surface area contributed by atoms with Gasteiger partial charge in [-0.05, 0) is 49.5 Å². The largest absolute Gasteiger partial charge is 0.371 e. The van der Waals surface area contributed by atoms with Crippen molar-refractivity contribution in [3.8, 4) is 5.69 Å². The minimum Gasteiger partial charge on any atom is -0.371 e. The summed E-state index contributed by atoms with van der Waals surface area (Å²) >= 11 is 0. The van der Waals surface area contributed by atoms with Crippen molar-refractivity contribution in [3.63, 3.8) is 0 Å². The maximum atomic E-state index is 13.8. The van der Waals surface area contributed by atoms with Crippen LogP contribution in [0.25, 0.3) is 5.69 Å². The summed E-state index contributed by atoms with van der Waals surface area (Å²) in [6, 6.07) is 4.91. The van der Waals surface area contributed by atoms with Crippen molar-refractivity contribution in [3.05, 3.63) is 59.9 Å². The zero-order chi connectivity index (χ0) is 29.3. The highest BCUT2D eigenvalue weighted by Gasteiger charge is 2.16. The first-order valence-corrected chi connectivity index (χ1v) is 8.13. The number of anilines is 3. The van der Waals surface area contributed by atoms with Crippen molar-refractivity contribution < 1.29 is 32.7 Å². The predicted octanol–water partition coefficient (Wildman–Crippen LogP) is 5.46. The Balaban J connectivity index is 0.00000441. The fourth-order valence-electron chi connectivity index (χ4n) is 2.56. The summed E-state index contributed by atoms with van der Waals surface area (Å²) in [6.07, 6.45) is -13.2. The van der Waals surface area contributed by atoms with Gasteiger partial charge in [0.2, 0.25) is 5.95 Å². The lowest BCUT2D eigenvalue weighted by Gasteiger charge is -2.29. The van der Waals surface area contributed by atoms with E-state index in [4.69, 9.17) is 13.7 Å². The van der Waals surface area contributed by atoms with E-state index in [1.807, 2.05) is 0 Å². The molecule has 29 heavy (non-hydrogen) atoms. The van der Waals surface area contributed by atoms with Gasteiger partial charge in [-0.2, -0.15) is 4.98 Å². The second-order valence-corrected chi connectivity index (χ2v) is 5.81. The smallest absolute Gasteiger partial charge is 0.263 e. The van der Waals surface area contributed by atoms with Gasteiger partial charge in [-0.15, -0.1) is 5.10 Å². The number of aromatic nitrogens is 3. The van der Waals surface area contributed by atoms with E-state index in [2.05, 4.69) is 15.4 Å². The number of alkyl halides is 2. The highest BCUT2D eigenvalue weighted by Crippen LogP contribution is 2.31. The number of nitrogens with zero attached hydrogens (tertiary/aromatic N) is 4. The zero-order valence-electron chi connectivity index (χ0n) is 24.4. The van der Waals surface area contributed by atoms with Crippen LogP contribution in [-0.4, -0.2) is 27.8 Å². The van der Waals surface area contributed by atoms with E-state index in [-0.39, 0.29) is 23.6 Å². The summed E-state index contributed by atoms with van der Waals surface area (Å²) in [6.45, 7) is -7.16. The molecule has 0 unspecified atom stereocenters. The molecule has 2 aromatic carbocycles. The van der Waals surface area contributed by atoms with E-state index in [9.17, 15) is 17.6 Å². The van der Waals surface area contributed by atoms with Crippen molar-refractivity contribution in [1.82, 2.24) is 14.8 Å². The molecule has 1 fully saturated rings. The fourth-order valence-corrected chi connectivity index (χ4v) is 2.56. The average Bonchev–Trinajstić information content (AvgIpc) is 3.25. The molecule has 4 rings (SSSR count). The third kappa shape index (κ3) is 4.49. The SMILES string of the molecule is [2H]C1([2H])N(c2cc(Nc3ncn(-c4cc(F)cc(F)c4)n3)cc(C(F)F)c2)C([2H])([2H])C([2H])([2H])C([2H])([2H])C1([2H])[2H].[HH]. The second kappa shape index (κ2) is 8.10. The van der Waals surface area contributed by atoms with Crippen molar-refractivity contribution in [1.29, 1.82) is 0 Å². The Labute approximate surface area is 180 Å². The molecule has 0 atom stereocenters. The molecular weight excluding hydrogens is 386 g/mol. The molecule has 1 aliphatic rings. The van der Waals surface area contributed by atoms with Crippen LogP contribution < -0.4 is 10.2 Å². The minimum atomic E-state index is -3.68. The zero-order valence-corrected chi connectivity index (χ0v) is 14.4. The number of hydrogen-bond acceptors (Lipinski definition) is 4. The molecule has 0 radical (unpaired) electrons. The van der Waals surface area contributed by atoms with Crippen LogP contribution >= 0.6 is 0 Å². The topological polar surface area (TPSA) is 46.0 Å². The Morgan fingerprint density at radius 1 is 0.966 bits per heavy atom. The maximum Gasteiger partial charge on any atom is 0.263 e. The lowest BCUT2D eigenvalue weighted by Crippen LogP contribution is -2.29. The van der Waals surface area contributed by atoms with Crippen LogP contribution in [0.2, 0.25) is 0 Å². The molecule has 9 heteroatoms. The van der Waals surface area contributed by atoms with E-state index < -0.39 is 61.4 Å². The molecular formula is C20H21F4N5. The molecule has 1 aromatic heterocycles. The molecule has 0 spiro atoms. The van der Waals surface area contributed by atoms with Gasteiger partial charge in [0, 0.05) is 51.1 Å². The molecule has 1 aliphatic heterocycles. The average molecular weight is 417 g/mol. The summed E-state index contributed by atoms with van der Waals surface area (Å²) in [5.74, 6) is -2.10. The normalized spacial score (nSPS) is 28.2. The summed E-state index contributed by atoms with van der Waals surface area (Å²) in [7, 11) is 0. The van der Waals surface area contributed by atoms with Gasteiger partial charge >= 0.3 is 0 Å². The lowest BCUT2D eigenvalue weighted by molar-refractivity contribution is 0.151. The van der Waals surface area contributed by atoms with Gasteiger partial charge in [-0.1, -0.05) is 0 Å². The predicted molar refractivity (Wildman–Crippen MR) is 104 cm³/mol. The summed E-state index contributed by atoms with van der Waals surface area (Å²) in [4.78, 5) is 3.82. The number of hydrogen-bond donors (Lipinski definition) is 1. The standard InChI is InChI=1S/C20H19F4N5.H2/c21-14-8-15(22)10-18(9-14)29-12-25-20(27-29)26-16-6-13(19(23)24)7-17(11-16)28-4-2-1-3-5-28;/h6-12,19H,1-5H2,(H,26,27);1H/i1D2,2D2,3D2,4D2,5D2;. The van der Waals surface area contributed by atoms with Crippen molar-refractivity contribution in [2.45, 2.75) is 25.5 Å². The first-order chi connectivity index (χ1) is 17.7. The van der Waals surface area contributed by atoms with E-state index in [0.717, 1.165) is 35.3 Å². The first-order valence-electron chi connectivity index (χ1n) is 13.1. The molecule has 154 valence electrons. The number of rotatable bonds is 5. The molecule has 1 N–H and O–H groups in total. The molecule has 0 saturated carbocycles.